The second kappa shape index (κ2) is 38.3. The number of nitrogens with zero attached hydrogens (tertiary/aromatic N) is 3. The van der Waals surface area contributed by atoms with Crippen LogP contribution in [-0.2, 0) is 47.9 Å². The number of nitroso groups, excluding NO2 is 1. The van der Waals surface area contributed by atoms with E-state index in [2.05, 4.69) is 50.0 Å². The number of amides is 2. The summed E-state index contributed by atoms with van der Waals surface area (Å²) in [6.45, 7) is 28.3. The van der Waals surface area contributed by atoms with Crippen LogP contribution in [0.3, 0.4) is 0 Å². The number of halogens is 1. The number of aliphatic hydroxyl groups excluding tert-OH is 3. The normalized spacial score (nSPS) is 30.3. The predicted molar refractivity (Wildman–Crippen MR) is 313 cm³/mol. The van der Waals surface area contributed by atoms with Crippen LogP contribution >= 0.6 is 0 Å². The minimum Gasteiger partial charge on any atom is -0.462 e. The van der Waals surface area contributed by atoms with Crippen molar-refractivity contribution in [1.29, 1.82) is 0 Å². The van der Waals surface area contributed by atoms with Gasteiger partial charge in [0.15, 0.2) is 16.1 Å². The molecule has 5 N–H and O–H groups in total. The summed E-state index contributed by atoms with van der Waals surface area (Å²) in [5.74, 6) is -1.62. The molecule has 1 aromatic carbocycles. The first-order valence-electron chi connectivity index (χ1n) is 29.2. The quantitative estimate of drug-likeness (QED) is 0.0682. The maximum Gasteiger partial charge on any atom is 0.414 e. The lowest BCUT2D eigenvalue weighted by Crippen LogP contribution is -2.50. The van der Waals surface area contributed by atoms with Crippen molar-refractivity contribution in [3.63, 3.8) is 0 Å². The van der Waals surface area contributed by atoms with Crippen LogP contribution in [0, 0.1) is 58.1 Å². The number of rotatable bonds is 18. The van der Waals surface area contributed by atoms with Crippen LogP contribution in [0.5, 0.6) is 0 Å². The fourth-order valence-electron chi connectivity index (χ4n) is 10.7. The highest BCUT2D eigenvalue weighted by molar-refractivity contribution is 7.90. The summed E-state index contributed by atoms with van der Waals surface area (Å²) in [5.41, 5.74) is -1.57. The second-order valence-electron chi connectivity index (χ2n) is 22.2. The molecule has 1 saturated carbocycles. The Labute approximate surface area is 485 Å². The van der Waals surface area contributed by atoms with Gasteiger partial charge >= 0.3 is 12.1 Å². The summed E-state index contributed by atoms with van der Waals surface area (Å²) < 4.78 is 65.9. The number of carbonyl (C=O) groups excluding carboxylic acids is 4. The lowest BCUT2D eigenvalue weighted by molar-refractivity contribution is -0.173. The van der Waals surface area contributed by atoms with E-state index in [1.165, 1.54) is 30.7 Å². The van der Waals surface area contributed by atoms with Crippen molar-refractivity contribution < 1.29 is 76.1 Å². The number of cyclic esters (lactones) is 2. The van der Waals surface area contributed by atoms with Crippen molar-refractivity contribution in [2.75, 3.05) is 65.8 Å². The number of nitrogens with one attached hydrogen (secondary N) is 1. The molecule has 20 nitrogen and oxygen atoms in total. The molecule has 472 valence electrons. The molecule has 0 aromatic heterocycles. The van der Waals surface area contributed by atoms with E-state index in [-0.39, 0.29) is 72.6 Å². The largest absolute Gasteiger partial charge is 0.462 e. The van der Waals surface area contributed by atoms with Crippen molar-refractivity contribution in [2.45, 2.75) is 214 Å². The van der Waals surface area contributed by atoms with E-state index >= 15 is 0 Å². The number of ether oxygens (including phenoxy) is 5. The Bertz CT molecular complexity index is 2120. The molecule has 0 spiro atoms. The molecule has 5 rings (SSSR count). The summed E-state index contributed by atoms with van der Waals surface area (Å²) in [5, 5.41) is 41.4. The molecular formula is C59H107FN4O16S. The molecule has 22 heteroatoms. The van der Waals surface area contributed by atoms with E-state index in [0.717, 1.165) is 58.4 Å². The van der Waals surface area contributed by atoms with Crippen LogP contribution in [0.2, 0.25) is 0 Å². The monoisotopic (exact) mass is 1180 g/mol. The number of ketones is 1. The Balaban J connectivity index is 0.00000141. The Kier molecular flexibility index (Phi) is 36.5. The molecule has 3 saturated heterocycles. The molecule has 3 heterocycles. The Hall–Kier alpha value is -3.74. The van der Waals surface area contributed by atoms with Crippen LogP contribution in [0.1, 0.15) is 155 Å². The molecule has 2 amide bonds. The molecule has 1 aromatic rings. The minimum absolute atomic E-state index is 0.0438. The molecule has 4 aliphatic rings. The van der Waals surface area contributed by atoms with E-state index in [0.29, 0.717) is 43.4 Å². The highest BCUT2D eigenvalue weighted by Crippen LogP contribution is 2.40. The molecule has 0 radical (unpaired) electrons. The second-order valence-corrected chi connectivity index (χ2v) is 24.2. The topological polar surface area (TPSA) is 277 Å². The van der Waals surface area contributed by atoms with Gasteiger partial charge in [0.05, 0.1) is 55.2 Å². The third-order valence-corrected chi connectivity index (χ3v) is 17.0. The highest BCUT2D eigenvalue weighted by atomic mass is 32.2. The van der Waals surface area contributed by atoms with Gasteiger partial charge in [-0.1, -0.05) is 82.1 Å². The SMILES string of the molecule is CC.CC.CC1CC(N(C)CC2CC2C(=O)NCC2CN(c3ccc(S(C)(=O)=O)c(F)c3)C(=O)O2)CC(N=O)O1.CCCC(C)[C@H](C)C(C)C[C@@H](C)O[C@H]1CCC(OC)C[C@@H](C)C(=O)C(C)C(O)[C@](C)(O)COC(=O)C1C.CO.CO. The number of anilines is 1. The molecule has 12 unspecified atom stereocenters. The zero-order valence-corrected chi connectivity index (χ0v) is 53.3. The molecular weight excluding hydrogens is 1070 g/mol. The fourth-order valence-corrected chi connectivity index (χ4v) is 11.4. The molecule has 0 bridgehead atoms. The zero-order valence-electron chi connectivity index (χ0n) is 52.5. The molecule has 1 aliphatic carbocycles. The lowest BCUT2D eigenvalue weighted by atomic mass is 9.80. The van der Waals surface area contributed by atoms with E-state index in [1.807, 2.05) is 48.6 Å². The number of Topliss-reactive ketones (excluding diaryl/α,β-unsaturated/α-hetero) is 1. The Morgan fingerprint density at radius 1 is 0.963 bits per heavy atom. The van der Waals surface area contributed by atoms with Gasteiger partial charge in [-0.2, -0.15) is 0 Å². The first kappa shape index (κ1) is 77.3. The van der Waals surface area contributed by atoms with Crippen molar-refractivity contribution >= 4 is 39.3 Å². The number of aliphatic hydroxyl groups is 4. The number of hydrogen-bond donors (Lipinski definition) is 5. The Morgan fingerprint density at radius 3 is 2.14 bits per heavy atom. The standard InChI is InChI=1S/C30H56O7.C23H31FN4O7S.2C2H6.2CH4O/c1-11-12-18(2)22(6)19(3)15-21(5)37-26-14-13-25(35-10)16-20(4)27(31)24(8)28(32)30(9,34)17-36-29(33)23(26)7;1-13-6-16(9-21(26-31)34-13)27(2)11-14-7-18(14)22(29)25-10-17-12-28(23(30)35-17)15-4-5-20(19(24)8-15)36(3,32)33;4*1-2/h18-26,28,32,34H,11-17H2,1-10H3;4-5,8,13-14,16-18,21H,6-7,9-12H2,1-3H3,(H,25,29);2*1-2H3;2*2H,1H3/t18?,19?,20-,21-,22+,23?,24?,25?,26+,28?,30-;;;;;/m1...../s1. The van der Waals surface area contributed by atoms with Gasteiger partial charge in [-0.05, 0) is 120 Å². The van der Waals surface area contributed by atoms with Gasteiger partial charge in [0.2, 0.25) is 5.91 Å². The average molecular weight is 1180 g/mol. The smallest absolute Gasteiger partial charge is 0.414 e. The maximum atomic E-state index is 14.2. The predicted octanol–water partition coefficient (Wildman–Crippen LogP) is 8.36. The van der Waals surface area contributed by atoms with Gasteiger partial charge in [-0.15, -0.1) is 4.91 Å². The molecule has 3 aliphatic heterocycles. The summed E-state index contributed by atoms with van der Waals surface area (Å²) >= 11 is 0. The van der Waals surface area contributed by atoms with Crippen LogP contribution in [0.25, 0.3) is 0 Å². The van der Waals surface area contributed by atoms with Gasteiger partial charge < -0.3 is 54.3 Å². The van der Waals surface area contributed by atoms with Crippen LogP contribution in [0.15, 0.2) is 28.3 Å². The number of hydrogen-bond acceptors (Lipinski definition) is 18. The van der Waals surface area contributed by atoms with E-state index in [1.54, 1.807) is 21.0 Å². The summed E-state index contributed by atoms with van der Waals surface area (Å²) in [7, 11) is 1.89. The van der Waals surface area contributed by atoms with Gasteiger partial charge in [0.25, 0.3) is 0 Å². The van der Waals surface area contributed by atoms with Crippen molar-refractivity contribution in [1.82, 2.24) is 10.2 Å². The summed E-state index contributed by atoms with van der Waals surface area (Å²) in [6, 6.07) is 3.61. The Morgan fingerprint density at radius 2 is 1.58 bits per heavy atom. The molecule has 4 fully saturated rings. The molecule has 17 atom stereocenters. The maximum absolute atomic E-state index is 14.2. The van der Waals surface area contributed by atoms with Crippen LogP contribution < -0.4 is 10.2 Å². The summed E-state index contributed by atoms with van der Waals surface area (Å²) in [4.78, 5) is 64.7. The van der Waals surface area contributed by atoms with Gasteiger partial charge in [-0.3, -0.25) is 19.3 Å². The third-order valence-electron chi connectivity index (χ3n) is 15.8. The fraction of sp³-hybridized carbons (Fsp3) is 0.831. The number of methoxy groups -OCH3 is 1. The first-order valence-corrected chi connectivity index (χ1v) is 31.1. The van der Waals surface area contributed by atoms with Crippen molar-refractivity contribution in [2.24, 2.45) is 52.5 Å². The van der Waals surface area contributed by atoms with Crippen LogP contribution in [-0.4, -0.2) is 173 Å². The van der Waals surface area contributed by atoms with Crippen LogP contribution in [0.4, 0.5) is 14.9 Å². The van der Waals surface area contributed by atoms with Gasteiger partial charge in [0, 0.05) is 64.3 Å². The zero-order chi connectivity index (χ0) is 62.7. The molecule has 81 heavy (non-hydrogen) atoms. The van der Waals surface area contributed by atoms with Crippen molar-refractivity contribution in [3.05, 3.63) is 28.9 Å². The third kappa shape index (κ3) is 24.8. The van der Waals surface area contributed by atoms with Crippen molar-refractivity contribution in [3.8, 4) is 0 Å². The van der Waals surface area contributed by atoms with Gasteiger partial charge in [0.1, 0.15) is 34.8 Å². The number of sulfone groups is 1. The number of esters is 1. The minimum atomic E-state index is -3.73. The summed E-state index contributed by atoms with van der Waals surface area (Å²) in [6.07, 6.45) is 4.04. The lowest BCUT2D eigenvalue weighted by Gasteiger charge is -2.36. The number of carbonyl (C=O) groups is 4. The number of benzene rings is 1. The average Bonchev–Trinajstić information content (AvgIpc) is 4.14. The van der Waals surface area contributed by atoms with E-state index in [4.69, 9.17) is 33.9 Å². The van der Waals surface area contributed by atoms with E-state index < -0.39 is 81.2 Å². The van der Waals surface area contributed by atoms with Gasteiger partial charge in [-0.25, -0.2) is 17.6 Å². The van der Waals surface area contributed by atoms with E-state index in [9.17, 15) is 47.1 Å². The highest BCUT2D eigenvalue weighted by Gasteiger charge is 2.46. The first-order chi connectivity index (χ1) is 38.1.